The summed E-state index contributed by atoms with van der Waals surface area (Å²) in [7, 11) is 1.91. The van der Waals surface area contributed by atoms with Crippen LogP contribution in [0.5, 0.6) is 0 Å². The summed E-state index contributed by atoms with van der Waals surface area (Å²) >= 11 is 0. The third-order valence-corrected chi connectivity index (χ3v) is 2.80. The molecule has 0 saturated heterocycles. The van der Waals surface area contributed by atoms with Crippen molar-refractivity contribution in [1.29, 1.82) is 0 Å². The van der Waals surface area contributed by atoms with Crippen LogP contribution in [0.25, 0.3) is 0 Å². The number of hydrogen-bond donors (Lipinski definition) is 1. The summed E-state index contributed by atoms with van der Waals surface area (Å²) in [6.07, 6.45) is 4.14. The predicted octanol–water partition coefficient (Wildman–Crippen LogP) is 2.23. The minimum Gasteiger partial charge on any atom is -0.388 e. The normalized spacial score (nSPS) is 12.6. The van der Waals surface area contributed by atoms with Crippen LogP contribution >= 0.6 is 0 Å². The van der Waals surface area contributed by atoms with Crippen molar-refractivity contribution in [3.05, 3.63) is 53.9 Å². The van der Waals surface area contributed by atoms with Crippen molar-refractivity contribution >= 4 is 0 Å². The van der Waals surface area contributed by atoms with Gasteiger partial charge in [0.25, 0.3) is 0 Å². The highest BCUT2D eigenvalue weighted by molar-refractivity contribution is 5.18. The van der Waals surface area contributed by atoms with Gasteiger partial charge in [0, 0.05) is 25.9 Å². The molecule has 1 heterocycles. The second-order valence-corrected chi connectivity index (χ2v) is 4.06. The second-order valence-electron chi connectivity index (χ2n) is 4.06. The van der Waals surface area contributed by atoms with E-state index in [4.69, 9.17) is 0 Å². The van der Waals surface area contributed by atoms with Crippen LogP contribution in [0.15, 0.2) is 36.7 Å². The van der Waals surface area contributed by atoms with Gasteiger partial charge in [0.15, 0.2) is 0 Å². The first-order valence-corrected chi connectivity index (χ1v) is 5.56. The first-order chi connectivity index (χ1) is 8.16. The Morgan fingerprint density at radius 3 is 2.94 bits per heavy atom. The van der Waals surface area contributed by atoms with Crippen molar-refractivity contribution < 1.29 is 9.50 Å². The number of rotatable bonds is 4. The highest BCUT2D eigenvalue weighted by Crippen LogP contribution is 2.19. The van der Waals surface area contributed by atoms with Crippen LogP contribution in [0.3, 0.4) is 0 Å². The van der Waals surface area contributed by atoms with Gasteiger partial charge in [0.05, 0.1) is 6.10 Å². The van der Waals surface area contributed by atoms with Crippen LogP contribution in [0.1, 0.15) is 23.9 Å². The summed E-state index contributed by atoms with van der Waals surface area (Å²) < 4.78 is 14.9. The van der Waals surface area contributed by atoms with Gasteiger partial charge in [-0.1, -0.05) is 12.1 Å². The molecular formula is C13H15FN2O. The molecule has 0 amide bonds. The Morgan fingerprint density at radius 1 is 1.47 bits per heavy atom. The molecule has 0 aliphatic heterocycles. The smallest absolute Gasteiger partial charge is 0.123 e. The molecule has 0 aliphatic rings. The van der Waals surface area contributed by atoms with Crippen LogP contribution in [0, 0.1) is 5.82 Å². The minimum atomic E-state index is -0.651. The molecule has 3 nitrogen and oxygen atoms in total. The van der Waals surface area contributed by atoms with Crippen LogP contribution in [0.2, 0.25) is 0 Å². The van der Waals surface area contributed by atoms with Crippen molar-refractivity contribution in [2.24, 2.45) is 7.05 Å². The predicted molar refractivity (Wildman–Crippen MR) is 62.9 cm³/mol. The summed E-state index contributed by atoms with van der Waals surface area (Å²) in [4.78, 5) is 4.18. The fourth-order valence-electron chi connectivity index (χ4n) is 1.78. The Labute approximate surface area is 99.5 Å². The number of benzene rings is 1. The van der Waals surface area contributed by atoms with E-state index < -0.39 is 6.10 Å². The third-order valence-electron chi connectivity index (χ3n) is 2.80. The molecule has 17 heavy (non-hydrogen) atoms. The Hall–Kier alpha value is -1.68. The summed E-state index contributed by atoms with van der Waals surface area (Å²) in [5, 5.41) is 9.93. The molecule has 1 aromatic heterocycles. The van der Waals surface area contributed by atoms with Gasteiger partial charge in [-0.3, -0.25) is 0 Å². The molecule has 90 valence electrons. The minimum absolute atomic E-state index is 0.321. The zero-order valence-corrected chi connectivity index (χ0v) is 9.68. The summed E-state index contributed by atoms with van der Waals surface area (Å²) in [5.74, 6) is 0.596. The van der Waals surface area contributed by atoms with Crippen molar-refractivity contribution in [2.75, 3.05) is 0 Å². The van der Waals surface area contributed by atoms with E-state index in [0.29, 0.717) is 18.4 Å². The number of imidazole rings is 1. The number of halogens is 1. The monoisotopic (exact) mass is 234 g/mol. The second kappa shape index (κ2) is 5.10. The molecule has 0 aliphatic carbocycles. The number of hydrogen-bond acceptors (Lipinski definition) is 2. The summed E-state index contributed by atoms with van der Waals surface area (Å²) in [6, 6.07) is 6.07. The molecule has 1 unspecified atom stereocenters. The topological polar surface area (TPSA) is 38.0 Å². The molecule has 1 N–H and O–H groups in total. The van der Waals surface area contributed by atoms with E-state index in [1.54, 1.807) is 18.3 Å². The summed E-state index contributed by atoms with van der Waals surface area (Å²) in [5.41, 5.74) is 0.610. The molecule has 4 heteroatoms. The van der Waals surface area contributed by atoms with Gasteiger partial charge in [-0.05, 0) is 24.1 Å². The molecular weight excluding hydrogens is 219 g/mol. The fraction of sp³-hybridized carbons (Fsp3) is 0.308. The molecule has 0 radical (unpaired) electrons. The largest absolute Gasteiger partial charge is 0.388 e. The Morgan fingerprint density at radius 2 is 2.29 bits per heavy atom. The Bertz CT molecular complexity index is 496. The lowest BCUT2D eigenvalue weighted by atomic mass is 10.0. The number of aryl methyl sites for hydroxylation is 2. The van der Waals surface area contributed by atoms with Crippen LogP contribution in [0.4, 0.5) is 4.39 Å². The molecule has 0 spiro atoms. The van der Waals surface area contributed by atoms with Crippen molar-refractivity contribution in [2.45, 2.75) is 18.9 Å². The van der Waals surface area contributed by atoms with Gasteiger partial charge >= 0.3 is 0 Å². The lowest BCUT2D eigenvalue weighted by Gasteiger charge is -2.10. The number of aliphatic hydroxyl groups is 1. The van der Waals surface area contributed by atoms with Crippen molar-refractivity contribution in [3.63, 3.8) is 0 Å². The van der Waals surface area contributed by atoms with Gasteiger partial charge in [-0.2, -0.15) is 0 Å². The average Bonchev–Trinajstić information content (AvgIpc) is 2.72. The van der Waals surface area contributed by atoms with Crippen LogP contribution < -0.4 is 0 Å². The maximum absolute atomic E-state index is 13.0. The van der Waals surface area contributed by atoms with Gasteiger partial charge < -0.3 is 9.67 Å². The lowest BCUT2D eigenvalue weighted by molar-refractivity contribution is 0.166. The number of aromatic nitrogens is 2. The van der Waals surface area contributed by atoms with E-state index in [-0.39, 0.29) is 5.82 Å². The molecule has 0 bridgehead atoms. The average molecular weight is 234 g/mol. The van der Waals surface area contributed by atoms with E-state index in [0.717, 1.165) is 5.82 Å². The van der Waals surface area contributed by atoms with E-state index in [1.807, 2.05) is 17.8 Å². The first-order valence-electron chi connectivity index (χ1n) is 5.56. The molecule has 0 fully saturated rings. The number of aliphatic hydroxyl groups excluding tert-OH is 1. The van der Waals surface area contributed by atoms with E-state index in [1.165, 1.54) is 12.1 Å². The van der Waals surface area contributed by atoms with Gasteiger partial charge in [0.2, 0.25) is 0 Å². The van der Waals surface area contributed by atoms with Crippen LogP contribution in [-0.2, 0) is 13.5 Å². The highest BCUT2D eigenvalue weighted by atomic mass is 19.1. The first kappa shape index (κ1) is 11.8. The summed E-state index contributed by atoms with van der Waals surface area (Å²) in [6.45, 7) is 0. The molecule has 2 rings (SSSR count). The standard InChI is InChI=1S/C13H15FN2O/c1-16-8-7-15-13(16)6-5-12(17)10-3-2-4-11(14)9-10/h2-4,7-9,12,17H,5-6H2,1H3. The van der Waals surface area contributed by atoms with Gasteiger partial charge in [-0.15, -0.1) is 0 Å². The zero-order chi connectivity index (χ0) is 12.3. The molecule has 1 atom stereocenters. The molecule has 1 aromatic carbocycles. The third kappa shape index (κ3) is 2.91. The van der Waals surface area contributed by atoms with E-state index in [9.17, 15) is 9.50 Å². The fourth-order valence-corrected chi connectivity index (χ4v) is 1.78. The van der Waals surface area contributed by atoms with Crippen molar-refractivity contribution in [3.8, 4) is 0 Å². The van der Waals surface area contributed by atoms with Crippen molar-refractivity contribution in [1.82, 2.24) is 9.55 Å². The van der Waals surface area contributed by atoms with Gasteiger partial charge in [-0.25, -0.2) is 9.37 Å². The van der Waals surface area contributed by atoms with E-state index >= 15 is 0 Å². The Balaban J connectivity index is 1.98. The zero-order valence-electron chi connectivity index (χ0n) is 9.68. The Kier molecular flexibility index (Phi) is 3.54. The van der Waals surface area contributed by atoms with E-state index in [2.05, 4.69) is 4.98 Å². The maximum atomic E-state index is 13.0. The number of nitrogens with zero attached hydrogens (tertiary/aromatic N) is 2. The molecule has 2 aromatic rings. The highest BCUT2D eigenvalue weighted by Gasteiger charge is 2.10. The van der Waals surface area contributed by atoms with Gasteiger partial charge in [0.1, 0.15) is 11.6 Å². The quantitative estimate of drug-likeness (QED) is 0.880. The molecule has 0 saturated carbocycles. The maximum Gasteiger partial charge on any atom is 0.123 e. The lowest BCUT2D eigenvalue weighted by Crippen LogP contribution is -2.03. The van der Waals surface area contributed by atoms with Crippen LogP contribution in [-0.4, -0.2) is 14.7 Å². The SMILES string of the molecule is Cn1ccnc1CCC(O)c1cccc(F)c1.